The molecule has 2 radical (unpaired) electrons. The van der Waals surface area contributed by atoms with E-state index in [1.807, 2.05) is 6.92 Å². The lowest BCUT2D eigenvalue weighted by Gasteiger charge is -2.39. The van der Waals surface area contributed by atoms with Gasteiger partial charge in [-0.1, -0.05) is 0 Å². The summed E-state index contributed by atoms with van der Waals surface area (Å²) in [6, 6.07) is 0. The molecule has 0 aromatic carbocycles. The Kier molecular flexibility index (Phi) is 1.51. The van der Waals surface area contributed by atoms with Crippen LogP contribution in [0.2, 0.25) is 0 Å². The maximum absolute atomic E-state index is 10.3. The summed E-state index contributed by atoms with van der Waals surface area (Å²) in [4.78, 5) is 10.3. The molecule has 1 rings (SSSR count). The average Bonchev–Trinajstić information content (AvgIpc) is 1.60. The van der Waals surface area contributed by atoms with Crippen molar-refractivity contribution in [2.45, 2.75) is 31.7 Å². The van der Waals surface area contributed by atoms with Crippen LogP contribution in [0.1, 0.15) is 26.2 Å². The first-order valence-electron chi connectivity index (χ1n) is 3.20. The highest BCUT2D eigenvalue weighted by atomic mass is 16.1. The summed E-state index contributed by atoms with van der Waals surface area (Å²) >= 11 is 0. The lowest BCUT2D eigenvalue weighted by Crippen LogP contribution is -2.50. The summed E-state index contributed by atoms with van der Waals surface area (Å²) in [5.74, 6) is -0.405. The molecular weight excluding hydrogens is 113 g/mol. The molecule has 3 heteroatoms. The third-order valence-corrected chi connectivity index (χ3v) is 1.88. The van der Waals surface area contributed by atoms with Crippen LogP contribution < -0.4 is 5.32 Å². The molecule has 48 valence electrons. The molecule has 1 amide bonds. The van der Waals surface area contributed by atoms with E-state index < -0.39 is 5.81 Å². The summed E-state index contributed by atoms with van der Waals surface area (Å²) in [5.41, 5.74) is 0.0197. The summed E-state index contributed by atoms with van der Waals surface area (Å²) in [7, 11) is 4.94. The van der Waals surface area contributed by atoms with Crippen LogP contribution in [-0.4, -0.2) is 19.2 Å². The summed E-state index contributed by atoms with van der Waals surface area (Å²) < 4.78 is 0. The van der Waals surface area contributed by atoms with E-state index in [4.69, 9.17) is 7.85 Å². The predicted molar refractivity (Wildman–Crippen MR) is 36.5 cm³/mol. The maximum Gasteiger partial charge on any atom is 0.200 e. The zero-order chi connectivity index (χ0) is 6.91. The smallest absolute Gasteiger partial charge is 0.200 e. The van der Waals surface area contributed by atoms with Crippen molar-refractivity contribution in [1.82, 2.24) is 5.32 Å². The van der Waals surface area contributed by atoms with Gasteiger partial charge in [0.2, 0.25) is 7.85 Å². The van der Waals surface area contributed by atoms with E-state index in [0.29, 0.717) is 0 Å². The Balaban J connectivity index is 2.33. The second kappa shape index (κ2) is 2.05. The van der Waals surface area contributed by atoms with Crippen LogP contribution in [0.3, 0.4) is 0 Å². The summed E-state index contributed by atoms with van der Waals surface area (Å²) in [6.45, 7) is 2.02. The average molecular weight is 123 g/mol. The molecule has 0 spiro atoms. The van der Waals surface area contributed by atoms with Gasteiger partial charge in [-0.05, 0) is 26.2 Å². The van der Waals surface area contributed by atoms with Gasteiger partial charge in [-0.3, -0.25) is 4.79 Å². The van der Waals surface area contributed by atoms with Crippen molar-refractivity contribution in [3.05, 3.63) is 0 Å². The minimum absolute atomic E-state index is 0.0197. The van der Waals surface area contributed by atoms with E-state index in [0.717, 1.165) is 12.8 Å². The van der Waals surface area contributed by atoms with E-state index in [1.165, 1.54) is 6.42 Å². The fraction of sp³-hybridized carbons (Fsp3) is 0.833. The molecule has 1 N–H and O–H groups in total. The molecule has 1 fully saturated rings. The molecule has 1 aliphatic rings. The van der Waals surface area contributed by atoms with Crippen LogP contribution in [0.15, 0.2) is 0 Å². The van der Waals surface area contributed by atoms with Crippen LogP contribution in [0, 0.1) is 0 Å². The Bertz CT molecular complexity index is 131. The van der Waals surface area contributed by atoms with Crippen molar-refractivity contribution in [2.24, 2.45) is 0 Å². The number of carbonyl (C=O) groups excluding carboxylic acids is 1. The van der Waals surface area contributed by atoms with Gasteiger partial charge in [0.1, 0.15) is 0 Å². The Morgan fingerprint density at radius 2 is 2.22 bits per heavy atom. The molecule has 1 saturated carbocycles. The van der Waals surface area contributed by atoms with Crippen LogP contribution in [0.4, 0.5) is 4.79 Å². The van der Waals surface area contributed by atoms with Gasteiger partial charge < -0.3 is 5.32 Å². The molecule has 0 unspecified atom stereocenters. The number of amides is 1. The quantitative estimate of drug-likeness (QED) is 0.513. The van der Waals surface area contributed by atoms with Crippen molar-refractivity contribution in [1.29, 1.82) is 0 Å². The number of hydrogen-bond donors (Lipinski definition) is 1. The number of carbonyl (C=O) groups is 1. The Hall–Kier alpha value is -0.465. The molecule has 0 aliphatic heterocycles. The molecule has 0 atom stereocenters. The standard InChI is InChI=1S/C6H10BNO/c1-6(3-2-4-6)8-5(7)9/h2-4H2,1H3,(H,8,9). The predicted octanol–water partition coefficient (Wildman–Crippen LogP) is 0.807. The SMILES string of the molecule is [B]C(=O)NC1(C)CCC1. The first-order chi connectivity index (χ1) is 4.12. The van der Waals surface area contributed by atoms with E-state index in [1.54, 1.807) is 0 Å². The van der Waals surface area contributed by atoms with Crippen molar-refractivity contribution in [3.63, 3.8) is 0 Å². The van der Waals surface area contributed by atoms with Gasteiger partial charge in [0.25, 0.3) is 0 Å². The van der Waals surface area contributed by atoms with Crippen molar-refractivity contribution in [2.75, 3.05) is 0 Å². The normalized spacial score (nSPS) is 22.3. The fourth-order valence-corrected chi connectivity index (χ4v) is 1.13. The van der Waals surface area contributed by atoms with Gasteiger partial charge in [0, 0.05) is 5.54 Å². The highest BCUT2D eigenvalue weighted by Gasteiger charge is 2.31. The minimum atomic E-state index is -0.405. The van der Waals surface area contributed by atoms with Crippen LogP contribution >= 0.6 is 0 Å². The molecular formula is C6H10BNO. The fourth-order valence-electron chi connectivity index (χ4n) is 1.13. The zero-order valence-electron chi connectivity index (χ0n) is 5.61. The van der Waals surface area contributed by atoms with Crippen molar-refractivity contribution >= 4 is 13.7 Å². The number of hydrogen-bond acceptors (Lipinski definition) is 1. The van der Waals surface area contributed by atoms with Gasteiger partial charge in [0.05, 0.1) is 0 Å². The lowest BCUT2D eigenvalue weighted by atomic mass is 9.78. The topological polar surface area (TPSA) is 29.1 Å². The van der Waals surface area contributed by atoms with Crippen LogP contribution in [0.5, 0.6) is 0 Å². The third-order valence-electron chi connectivity index (χ3n) is 1.88. The zero-order valence-corrected chi connectivity index (χ0v) is 5.61. The summed E-state index contributed by atoms with van der Waals surface area (Å²) in [5, 5.41) is 2.69. The van der Waals surface area contributed by atoms with E-state index >= 15 is 0 Å². The van der Waals surface area contributed by atoms with Gasteiger partial charge in [0.15, 0.2) is 5.81 Å². The molecule has 0 aromatic heterocycles. The maximum atomic E-state index is 10.3. The van der Waals surface area contributed by atoms with Gasteiger partial charge in [-0.2, -0.15) is 0 Å². The van der Waals surface area contributed by atoms with Crippen LogP contribution in [-0.2, 0) is 0 Å². The third kappa shape index (κ3) is 1.47. The summed E-state index contributed by atoms with van der Waals surface area (Å²) in [6.07, 6.45) is 3.34. The Morgan fingerprint density at radius 3 is 2.33 bits per heavy atom. The minimum Gasteiger partial charge on any atom is -0.361 e. The lowest BCUT2D eigenvalue weighted by molar-refractivity contribution is 0.206. The highest BCUT2D eigenvalue weighted by molar-refractivity contribution is 6.57. The second-order valence-corrected chi connectivity index (χ2v) is 2.90. The number of rotatable bonds is 1. The highest BCUT2D eigenvalue weighted by Crippen LogP contribution is 2.30. The van der Waals surface area contributed by atoms with E-state index in [-0.39, 0.29) is 5.54 Å². The molecule has 0 aromatic rings. The molecule has 2 nitrogen and oxygen atoms in total. The second-order valence-electron chi connectivity index (χ2n) is 2.90. The van der Waals surface area contributed by atoms with Gasteiger partial charge >= 0.3 is 0 Å². The molecule has 1 aliphatic carbocycles. The van der Waals surface area contributed by atoms with Gasteiger partial charge in [-0.15, -0.1) is 0 Å². The first-order valence-corrected chi connectivity index (χ1v) is 3.20. The molecule has 0 heterocycles. The Labute approximate surface area is 56.4 Å². The van der Waals surface area contributed by atoms with Gasteiger partial charge in [-0.25, -0.2) is 0 Å². The van der Waals surface area contributed by atoms with E-state index in [9.17, 15) is 4.79 Å². The monoisotopic (exact) mass is 123 g/mol. The van der Waals surface area contributed by atoms with Crippen molar-refractivity contribution in [3.8, 4) is 0 Å². The largest absolute Gasteiger partial charge is 0.361 e. The van der Waals surface area contributed by atoms with Crippen molar-refractivity contribution < 1.29 is 4.79 Å². The van der Waals surface area contributed by atoms with E-state index in [2.05, 4.69) is 5.32 Å². The molecule has 9 heavy (non-hydrogen) atoms. The molecule has 0 saturated heterocycles. The van der Waals surface area contributed by atoms with Crippen LogP contribution in [0.25, 0.3) is 0 Å². The molecule has 0 bridgehead atoms. The Morgan fingerprint density at radius 1 is 1.67 bits per heavy atom. The first kappa shape index (κ1) is 6.65. The number of nitrogens with one attached hydrogen (secondary N) is 1.